The van der Waals surface area contributed by atoms with Crippen LogP contribution in [0, 0.1) is 0 Å². The number of anilines is 2. The minimum Gasteiger partial charge on any atom is -0.268 e. The molecule has 0 bridgehead atoms. The van der Waals surface area contributed by atoms with Gasteiger partial charge in [-0.1, -0.05) is 36.4 Å². The van der Waals surface area contributed by atoms with E-state index in [0.717, 1.165) is 53.9 Å². The first-order valence-electron chi connectivity index (χ1n) is 16.1. The Bertz CT molecular complexity index is 2770. The third-order valence-corrected chi connectivity index (χ3v) is 10.4. The fraction of sp³-hybridized carbons (Fsp3) is 0. The molecule has 0 saturated heterocycles. The van der Waals surface area contributed by atoms with Crippen LogP contribution in [-0.4, -0.2) is 33.6 Å². The summed E-state index contributed by atoms with van der Waals surface area (Å²) in [6.45, 7) is 0. The molecule has 8 nitrogen and oxygen atoms in total. The summed E-state index contributed by atoms with van der Waals surface area (Å²) in [6.07, 6.45) is 6.84. The number of amides is 4. The van der Waals surface area contributed by atoms with Gasteiger partial charge in [0.25, 0.3) is 23.6 Å². The van der Waals surface area contributed by atoms with E-state index in [9.17, 15) is 19.2 Å². The van der Waals surface area contributed by atoms with Gasteiger partial charge < -0.3 is 0 Å². The zero-order valence-corrected chi connectivity index (χ0v) is 26.0. The summed E-state index contributed by atoms with van der Waals surface area (Å²) < 4.78 is 0. The van der Waals surface area contributed by atoms with Gasteiger partial charge in [0, 0.05) is 68.6 Å². The molecule has 2 aromatic heterocycles. The third-order valence-electron chi connectivity index (χ3n) is 10.4. The van der Waals surface area contributed by atoms with Gasteiger partial charge in [0.15, 0.2) is 0 Å². The zero-order chi connectivity index (χ0) is 33.4. The van der Waals surface area contributed by atoms with Crippen molar-refractivity contribution < 1.29 is 19.2 Å². The molecule has 7 aromatic carbocycles. The minimum atomic E-state index is -0.397. The molecule has 0 N–H and O–H groups in total. The molecule has 8 heteroatoms. The lowest BCUT2D eigenvalue weighted by atomic mass is 9.82. The summed E-state index contributed by atoms with van der Waals surface area (Å²) in [7, 11) is 0. The van der Waals surface area contributed by atoms with Gasteiger partial charge in [-0.25, -0.2) is 9.80 Å². The largest absolute Gasteiger partial charge is 0.268 e. The smallest absolute Gasteiger partial charge is 0.265 e. The number of pyridine rings is 2. The Morgan fingerprint density at radius 3 is 1.08 bits per heavy atom. The summed E-state index contributed by atoms with van der Waals surface area (Å²) in [5.74, 6) is -1.59. The molecule has 0 radical (unpaired) electrons. The predicted octanol–water partition coefficient (Wildman–Crippen LogP) is 8.43. The Morgan fingerprint density at radius 2 is 0.720 bits per heavy atom. The predicted molar refractivity (Wildman–Crippen MR) is 193 cm³/mol. The van der Waals surface area contributed by atoms with E-state index in [-0.39, 0.29) is 0 Å². The van der Waals surface area contributed by atoms with Crippen molar-refractivity contribution in [2.45, 2.75) is 0 Å². The molecule has 0 unspecified atom stereocenters. The van der Waals surface area contributed by atoms with Crippen LogP contribution in [0.15, 0.2) is 122 Å². The van der Waals surface area contributed by atoms with Gasteiger partial charge in [0.1, 0.15) is 0 Å². The van der Waals surface area contributed by atoms with Crippen LogP contribution in [-0.2, 0) is 0 Å². The van der Waals surface area contributed by atoms with Crippen LogP contribution in [0.1, 0.15) is 41.4 Å². The summed E-state index contributed by atoms with van der Waals surface area (Å²) in [5.41, 5.74) is 2.71. The number of carbonyl (C=O) groups is 4. The molecular formula is C42H20N4O4. The van der Waals surface area contributed by atoms with Gasteiger partial charge in [-0.2, -0.15) is 0 Å². The Kier molecular flexibility index (Phi) is 5.01. The lowest BCUT2D eigenvalue weighted by Crippen LogP contribution is -2.40. The summed E-state index contributed by atoms with van der Waals surface area (Å²) in [5, 5.41) is 9.76. The van der Waals surface area contributed by atoms with Crippen LogP contribution in [0.4, 0.5) is 11.4 Å². The van der Waals surface area contributed by atoms with Crippen molar-refractivity contribution in [1.29, 1.82) is 0 Å². The number of hydrogen-bond donors (Lipinski definition) is 0. The highest BCUT2D eigenvalue weighted by molar-refractivity contribution is 6.45. The van der Waals surface area contributed by atoms with Gasteiger partial charge in [-0.15, -0.1) is 0 Å². The Morgan fingerprint density at radius 1 is 0.360 bits per heavy atom. The molecule has 0 aliphatic carbocycles. The van der Waals surface area contributed by atoms with Crippen molar-refractivity contribution in [3.05, 3.63) is 144 Å². The lowest BCUT2D eigenvalue weighted by molar-refractivity contribution is 0.0877. The molecule has 0 saturated carbocycles. The van der Waals surface area contributed by atoms with E-state index in [1.165, 1.54) is 9.80 Å². The number of rotatable bonds is 2. The first-order chi connectivity index (χ1) is 24.5. The maximum Gasteiger partial charge on any atom is 0.265 e. The fourth-order valence-electron chi connectivity index (χ4n) is 8.16. The standard InChI is InChI=1S/C42H20N4O4/c47-39-31-9-5-27-29-7-11-33-38-34(42(50)46(41(33)49)26-4-2-22-14-16-44-20-24(22)18-26)12-8-30(36(29)38)28-6-10-32(37(31)35(27)28)40(48)45(39)25-3-1-21-13-15-43-19-23(21)17-25/h1-20H. The number of hydrogen-bond acceptors (Lipinski definition) is 6. The minimum absolute atomic E-state index is 0.397. The van der Waals surface area contributed by atoms with Crippen LogP contribution in [0.25, 0.3) is 64.6 Å². The van der Waals surface area contributed by atoms with Crippen LogP contribution in [0.2, 0.25) is 0 Å². The van der Waals surface area contributed by atoms with Crippen molar-refractivity contribution >= 4 is 99.6 Å². The van der Waals surface area contributed by atoms with E-state index in [4.69, 9.17) is 0 Å². The molecule has 0 spiro atoms. The highest BCUT2D eigenvalue weighted by Crippen LogP contribution is 2.47. The molecule has 50 heavy (non-hydrogen) atoms. The first-order valence-corrected chi connectivity index (χ1v) is 16.1. The monoisotopic (exact) mass is 644 g/mol. The average Bonchev–Trinajstić information content (AvgIpc) is 3.15. The normalized spacial score (nSPS) is 14.5. The summed E-state index contributed by atoms with van der Waals surface area (Å²) in [6, 6.07) is 29.5. The van der Waals surface area contributed by atoms with Gasteiger partial charge in [0.05, 0.1) is 11.4 Å². The lowest BCUT2D eigenvalue weighted by Gasteiger charge is -2.30. The molecule has 232 valence electrons. The molecule has 4 amide bonds. The molecule has 2 aliphatic rings. The van der Waals surface area contributed by atoms with E-state index >= 15 is 0 Å². The highest BCUT2D eigenvalue weighted by atomic mass is 16.2. The van der Waals surface area contributed by atoms with Crippen molar-refractivity contribution in [1.82, 2.24) is 9.97 Å². The van der Waals surface area contributed by atoms with E-state index in [1.807, 2.05) is 60.7 Å². The topological polar surface area (TPSA) is 101 Å². The molecule has 9 aromatic rings. The van der Waals surface area contributed by atoms with Crippen LogP contribution < -0.4 is 9.80 Å². The van der Waals surface area contributed by atoms with E-state index in [0.29, 0.717) is 44.4 Å². The molecule has 0 atom stereocenters. The Hall–Kier alpha value is -7.06. The van der Waals surface area contributed by atoms with Gasteiger partial charge in [-0.05, 0) is 104 Å². The second-order valence-electron chi connectivity index (χ2n) is 12.8. The maximum absolute atomic E-state index is 14.1. The average molecular weight is 645 g/mol. The number of fused-ring (bicyclic) bond motifs is 4. The van der Waals surface area contributed by atoms with Crippen molar-refractivity contribution in [3.8, 4) is 0 Å². The number of benzene rings is 7. The molecular weight excluding hydrogens is 624 g/mol. The van der Waals surface area contributed by atoms with Crippen LogP contribution >= 0.6 is 0 Å². The van der Waals surface area contributed by atoms with Crippen LogP contribution in [0.5, 0.6) is 0 Å². The Balaban J connectivity index is 1.12. The van der Waals surface area contributed by atoms with E-state index in [1.54, 1.807) is 61.2 Å². The van der Waals surface area contributed by atoms with E-state index in [2.05, 4.69) is 9.97 Å². The molecule has 2 aliphatic heterocycles. The quantitative estimate of drug-likeness (QED) is 0.106. The maximum atomic E-state index is 14.1. The zero-order valence-electron chi connectivity index (χ0n) is 26.0. The van der Waals surface area contributed by atoms with Crippen molar-refractivity contribution in [2.75, 3.05) is 9.80 Å². The molecule has 4 heterocycles. The Labute approximate surface area is 282 Å². The number of aromatic nitrogens is 2. The van der Waals surface area contributed by atoms with Gasteiger partial charge >= 0.3 is 0 Å². The SMILES string of the molecule is O=C1c2ccc3c4ccc5c6c(ccc(c7ccc(c2c37)C(=O)N1c1ccc2ccncc2c1)c64)C(=O)N(c1ccc2ccncc2c1)C5=O. The first kappa shape index (κ1) is 26.9. The van der Waals surface area contributed by atoms with Crippen molar-refractivity contribution in [2.24, 2.45) is 0 Å². The number of imide groups is 2. The summed E-state index contributed by atoms with van der Waals surface area (Å²) in [4.78, 5) is 67.5. The second-order valence-corrected chi connectivity index (χ2v) is 12.8. The third kappa shape index (κ3) is 3.29. The highest BCUT2D eigenvalue weighted by Gasteiger charge is 2.38. The number of nitrogens with zero attached hydrogens (tertiary/aromatic N) is 4. The number of carbonyl (C=O) groups excluding carboxylic acids is 4. The molecule has 0 fully saturated rings. The van der Waals surface area contributed by atoms with Gasteiger partial charge in [0.2, 0.25) is 0 Å². The van der Waals surface area contributed by atoms with Crippen molar-refractivity contribution in [3.63, 3.8) is 0 Å². The van der Waals surface area contributed by atoms with Gasteiger partial charge in [-0.3, -0.25) is 29.1 Å². The molecule has 11 rings (SSSR count). The van der Waals surface area contributed by atoms with E-state index < -0.39 is 23.6 Å². The summed E-state index contributed by atoms with van der Waals surface area (Å²) >= 11 is 0. The van der Waals surface area contributed by atoms with Crippen LogP contribution in [0.3, 0.4) is 0 Å². The second kappa shape index (κ2) is 9.30. The fourth-order valence-corrected chi connectivity index (χ4v) is 8.16.